The lowest BCUT2D eigenvalue weighted by Crippen LogP contribution is -2.40. The second-order valence-corrected chi connectivity index (χ2v) is 4.03. The van der Waals surface area contributed by atoms with E-state index in [2.05, 4.69) is 5.10 Å². The second-order valence-electron chi connectivity index (χ2n) is 4.03. The Morgan fingerprint density at radius 2 is 2.11 bits per heavy atom. The summed E-state index contributed by atoms with van der Waals surface area (Å²) in [4.78, 5) is 23.9. The maximum absolute atomic E-state index is 12.0. The molecule has 0 saturated carbocycles. The summed E-state index contributed by atoms with van der Waals surface area (Å²) < 4.78 is 4.12. The molecule has 0 saturated heterocycles. The van der Waals surface area contributed by atoms with Gasteiger partial charge >= 0.3 is 5.69 Å². The Labute approximate surface area is 103 Å². The first-order valence-corrected chi connectivity index (χ1v) is 5.61. The third-order valence-electron chi connectivity index (χ3n) is 2.69. The molecule has 0 aliphatic carbocycles. The van der Waals surface area contributed by atoms with Crippen molar-refractivity contribution in [1.29, 1.82) is 0 Å². The third-order valence-corrected chi connectivity index (χ3v) is 2.69. The van der Waals surface area contributed by atoms with E-state index in [0.717, 1.165) is 4.57 Å². The first-order valence-electron chi connectivity index (χ1n) is 5.61. The summed E-state index contributed by atoms with van der Waals surface area (Å²) in [5.74, 6) is 0. The van der Waals surface area contributed by atoms with Crippen LogP contribution in [0.1, 0.15) is 12.6 Å². The van der Waals surface area contributed by atoms with E-state index in [1.807, 2.05) is 6.92 Å². The predicted octanol–water partition coefficient (Wildman–Crippen LogP) is -0.606. The Kier molecular flexibility index (Phi) is 3.05. The quantitative estimate of drug-likeness (QED) is 0.786. The number of nitrogen functional groups attached to an aromatic ring is 1. The van der Waals surface area contributed by atoms with Gasteiger partial charge in [-0.2, -0.15) is 5.10 Å². The Morgan fingerprint density at radius 1 is 1.39 bits per heavy atom. The van der Waals surface area contributed by atoms with Gasteiger partial charge in [-0.1, -0.05) is 0 Å². The number of rotatable bonds is 3. The van der Waals surface area contributed by atoms with Crippen molar-refractivity contribution in [3.8, 4) is 0 Å². The monoisotopic (exact) mass is 249 g/mol. The van der Waals surface area contributed by atoms with Crippen LogP contribution in [0.2, 0.25) is 0 Å². The zero-order valence-electron chi connectivity index (χ0n) is 10.3. The summed E-state index contributed by atoms with van der Waals surface area (Å²) in [6.07, 6.45) is 3.13. The molecular weight excluding hydrogens is 234 g/mol. The van der Waals surface area contributed by atoms with Crippen LogP contribution in [0.5, 0.6) is 0 Å². The van der Waals surface area contributed by atoms with E-state index in [1.165, 1.54) is 10.8 Å². The van der Waals surface area contributed by atoms with Crippen LogP contribution in [0.15, 0.2) is 28.0 Å². The molecule has 2 heterocycles. The summed E-state index contributed by atoms with van der Waals surface area (Å²) in [5, 5.41) is 4.14. The Hall–Kier alpha value is -2.31. The molecule has 7 heteroatoms. The second kappa shape index (κ2) is 4.52. The molecule has 0 atom stereocenters. The van der Waals surface area contributed by atoms with Crippen LogP contribution in [0, 0.1) is 0 Å². The smallest absolute Gasteiger partial charge is 0.331 e. The van der Waals surface area contributed by atoms with Crippen LogP contribution >= 0.6 is 0 Å². The van der Waals surface area contributed by atoms with Gasteiger partial charge < -0.3 is 5.73 Å². The molecule has 18 heavy (non-hydrogen) atoms. The van der Waals surface area contributed by atoms with Gasteiger partial charge in [-0.05, 0) is 13.0 Å². The van der Waals surface area contributed by atoms with Crippen molar-refractivity contribution in [2.45, 2.75) is 20.0 Å². The molecule has 0 radical (unpaired) electrons. The van der Waals surface area contributed by atoms with Gasteiger partial charge in [0.1, 0.15) is 5.69 Å². The Morgan fingerprint density at radius 3 is 2.67 bits per heavy atom. The molecule has 2 aromatic rings. The lowest BCUT2D eigenvalue weighted by atomic mass is 10.4. The Balaban J connectivity index is 2.53. The topological polar surface area (TPSA) is 87.8 Å². The Bertz CT molecular complexity index is 679. The van der Waals surface area contributed by atoms with Crippen molar-refractivity contribution in [1.82, 2.24) is 18.9 Å². The summed E-state index contributed by atoms with van der Waals surface area (Å²) in [5.41, 5.74) is 5.46. The summed E-state index contributed by atoms with van der Waals surface area (Å²) in [7, 11) is 1.77. The SMILES string of the molecule is CCn1cc(N)c(=O)n(Cc2ccn(C)n2)c1=O. The fourth-order valence-corrected chi connectivity index (χ4v) is 1.75. The average Bonchev–Trinajstić information content (AvgIpc) is 2.75. The molecule has 0 aliphatic heterocycles. The van der Waals surface area contributed by atoms with Crippen molar-refractivity contribution in [3.63, 3.8) is 0 Å². The van der Waals surface area contributed by atoms with Gasteiger partial charge in [0.15, 0.2) is 0 Å². The van der Waals surface area contributed by atoms with Gasteiger partial charge in [-0.25, -0.2) is 4.79 Å². The highest BCUT2D eigenvalue weighted by atomic mass is 16.2. The number of anilines is 1. The van der Waals surface area contributed by atoms with Crippen molar-refractivity contribution < 1.29 is 0 Å². The normalized spacial score (nSPS) is 10.8. The highest BCUT2D eigenvalue weighted by Gasteiger charge is 2.10. The summed E-state index contributed by atoms with van der Waals surface area (Å²) in [6.45, 7) is 2.41. The highest BCUT2D eigenvalue weighted by molar-refractivity contribution is 5.31. The average molecular weight is 249 g/mol. The van der Waals surface area contributed by atoms with Gasteiger partial charge in [0.2, 0.25) is 0 Å². The number of nitrogens with two attached hydrogens (primary N) is 1. The third kappa shape index (κ3) is 2.06. The molecule has 0 bridgehead atoms. The van der Waals surface area contributed by atoms with E-state index in [4.69, 9.17) is 5.73 Å². The van der Waals surface area contributed by atoms with Crippen LogP contribution in [-0.4, -0.2) is 18.9 Å². The minimum Gasteiger partial charge on any atom is -0.393 e. The lowest BCUT2D eigenvalue weighted by Gasteiger charge is -2.08. The molecule has 0 aromatic carbocycles. The number of hydrogen-bond acceptors (Lipinski definition) is 4. The fourth-order valence-electron chi connectivity index (χ4n) is 1.75. The molecule has 96 valence electrons. The first-order chi connectivity index (χ1) is 8.52. The van der Waals surface area contributed by atoms with Gasteiger partial charge in [-0.15, -0.1) is 0 Å². The van der Waals surface area contributed by atoms with E-state index in [-0.39, 0.29) is 17.9 Å². The van der Waals surface area contributed by atoms with E-state index in [9.17, 15) is 9.59 Å². The van der Waals surface area contributed by atoms with E-state index >= 15 is 0 Å². The fraction of sp³-hybridized carbons (Fsp3) is 0.364. The van der Waals surface area contributed by atoms with Crippen molar-refractivity contribution in [2.24, 2.45) is 7.05 Å². The van der Waals surface area contributed by atoms with Gasteiger partial charge in [-0.3, -0.25) is 18.6 Å². The van der Waals surface area contributed by atoms with E-state index < -0.39 is 5.56 Å². The number of nitrogens with zero attached hydrogens (tertiary/aromatic N) is 4. The van der Waals surface area contributed by atoms with Crippen LogP contribution in [0.3, 0.4) is 0 Å². The minimum atomic E-state index is -0.477. The minimum absolute atomic E-state index is 0.0624. The van der Waals surface area contributed by atoms with E-state index in [1.54, 1.807) is 24.0 Å². The molecule has 0 amide bonds. The van der Waals surface area contributed by atoms with Gasteiger partial charge in [0.25, 0.3) is 5.56 Å². The largest absolute Gasteiger partial charge is 0.393 e. The predicted molar refractivity (Wildman–Crippen MR) is 67.4 cm³/mol. The number of aryl methyl sites for hydroxylation is 2. The molecule has 0 spiro atoms. The van der Waals surface area contributed by atoms with Crippen molar-refractivity contribution in [2.75, 3.05) is 5.73 Å². The maximum Gasteiger partial charge on any atom is 0.331 e. The molecule has 2 aromatic heterocycles. The van der Waals surface area contributed by atoms with Gasteiger partial charge in [0.05, 0.1) is 12.2 Å². The summed E-state index contributed by atoms with van der Waals surface area (Å²) >= 11 is 0. The molecule has 2 N–H and O–H groups in total. The van der Waals surface area contributed by atoms with Crippen LogP contribution < -0.4 is 17.0 Å². The zero-order chi connectivity index (χ0) is 13.3. The van der Waals surface area contributed by atoms with Crippen LogP contribution in [-0.2, 0) is 20.1 Å². The van der Waals surface area contributed by atoms with Crippen LogP contribution in [0.25, 0.3) is 0 Å². The molecule has 0 fully saturated rings. The first kappa shape index (κ1) is 12.2. The lowest BCUT2D eigenvalue weighted by molar-refractivity contribution is 0.592. The molecular formula is C11H15N5O2. The van der Waals surface area contributed by atoms with Crippen LogP contribution in [0.4, 0.5) is 5.69 Å². The number of hydrogen-bond donors (Lipinski definition) is 1. The molecule has 2 rings (SSSR count). The summed E-state index contributed by atoms with van der Waals surface area (Å²) in [6, 6.07) is 1.76. The maximum atomic E-state index is 12.0. The molecule has 7 nitrogen and oxygen atoms in total. The van der Waals surface area contributed by atoms with E-state index in [0.29, 0.717) is 12.2 Å². The van der Waals surface area contributed by atoms with Crippen molar-refractivity contribution in [3.05, 3.63) is 45.0 Å². The molecule has 0 aliphatic rings. The highest BCUT2D eigenvalue weighted by Crippen LogP contribution is 1.96. The van der Waals surface area contributed by atoms with Crippen molar-refractivity contribution >= 4 is 5.69 Å². The van der Waals surface area contributed by atoms with Gasteiger partial charge in [0, 0.05) is 26.0 Å². The molecule has 0 unspecified atom stereocenters. The number of aromatic nitrogens is 4. The standard InChI is InChI=1S/C11H15N5O2/c1-3-15-7-9(12)10(17)16(11(15)18)6-8-4-5-14(2)13-8/h4-5,7H,3,6,12H2,1-2H3. The zero-order valence-corrected chi connectivity index (χ0v) is 10.3.